The van der Waals surface area contributed by atoms with Crippen molar-refractivity contribution in [3.8, 4) is 33.6 Å². The Morgan fingerprint density at radius 2 is 0.750 bits per heavy atom. The summed E-state index contributed by atoms with van der Waals surface area (Å²) >= 11 is 0. The van der Waals surface area contributed by atoms with Crippen LogP contribution in [0, 0.1) is 0 Å². The van der Waals surface area contributed by atoms with E-state index in [2.05, 4.69) is 179 Å². The summed E-state index contributed by atoms with van der Waals surface area (Å²) in [5.74, 6) is 0. The topological polar surface area (TPSA) is 9.86 Å². The first-order valence-electron chi connectivity index (χ1n) is 15.1. The Kier molecular flexibility index (Phi) is 5.54. The molecule has 2 heterocycles. The van der Waals surface area contributed by atoms with Gasteiger partial charge in [-0.05, 0) is 70.8 Å². The van der Waals surface area contributed by atoms with Crippen LogP contribution in [0.15, 0.2) is 170 Å². The zero-order valence-electron chi connectivity index (χ0n) is 24.1. The lowest BCUT2D eigenvalue weighted by molar-refractivity contribution is 1.16. The molecule has 0 fully saturated rings. The van der Waals surface area contributed by atoms with Crippen molar-refractivity contribution in [2.75, 3.05) is 0 Å². The van der Waals surface area contributed by atoms with Crippen LogP contribution in [0.4, 0.5) is 0 Å². The van der Waals surface area contributed by atoms with E-state index >= 15 is 0 Å². The van der Waals surface area contributed by atoms with Gasteiger partial charge in [0.2, 0.25) is 0 Å². The Morgan fingerprint density at radius 3 is 1.41 bits per heavy atom. The maximum atomic E-state index is 2.44. The molecule has 206 valence electrons. The van der Waals surface area contributed by atoms with Crippen LogP contribution in [0.25, 0.3) is 77.2 Å². The highest BCUT2D eigenvalue weighted by molar-refractivity contribution is 6.19. The first-order chi connectivity index (χ1) is 21.8. The molecule has 0 amide bonds. The Morgan fingerprint density at radius 1 is 0.273 bits per heavy atom. The molecular formula is C42H28N2. The summed E-state index contributed by atoms with van der Waals surface area (Å²) in [5, 5.41) is 5.06. The Labute approximate surface area is 255 Å². The summed E-state index contributed by atoms with van der Waals surface area (Å²) in [6, 6.07) is 61.4. The van der Waals surface area contributed by atoms with Crippen molar-refractivity contribution >= 4 is 43.6 Å². The van der Waals surface area contributed by atoms with Crippen molar-refractivity contribution < 1.29 is 0 Å². The van der Waals surface area contributed by atoms with Gasteiger partial charge in [-0.1, -0.05) is 121 Å². The molecule has 0 aliphatic rings. The van der Waals surface area contributed by atoms with Crippen molar-refractivity contribution in [3.63, 3.8) is 0 Å². The van der Waals surface area contributed by atoms with Gasteiger partial charge < -0.3 is 9.13 Å². The van der Waals surface area contributed by atoms with Crippen molar-refractivity contribution in [1.82, 2.24) is 9.13 Å². The number of hydrogen-bond donors (Lipinski definition) is 0. The number of aromatic nitrogens is 2. The summed E-state index contributed by atoms with van der Waals surface area (Å²) in [6.07, 6.45) is 0. The molecule has 0 spiro atoms. The smallest absolute Gasteiger partial charge is 0.0562 e. The average molecular weight is 561 g/mol. The van der Waals surface area contributed by atoms with Gasteiger partial charge in [0, 0.05) is 32.9 Å². The quantitative estimate of drug-likeness (QED) is 0.203. The van der Waals surface area contributed by atoms with Crippen LogP contribution in [0.3, 0.4) is 0 Å². The van der Waals surface area contributed by atoms with Gasteiger partial charge in [0.05, 0.1) is 22.1 Å². The zero-order valence-corrected chi connectivity index (χ0v) is 24.1. The minimum absolute atomic E-state index is 1.15. The van der Waals surface area contributed by atoms with Gasteiger partial charge in [-0.15, -0.1) is 0 Å². The number of hydrogen-bond acceptors (Lipinski definition) is 0. The number of nitrogens with zero attached hydrogens (tertiary/aromatic N) is 2. The van der Waals surface area contributed by atoms with E-state index in [1.165, 1.54) is 71.6 Å². The third-order valence-corrected chi connectivity index (χ3v) is 8.91. The van der Waals surface area contributed by atoms with E-state index in [1.807, 2.05) is 0 Å². The van der Waals surface area contributed by atoms with E-state index in [0.717, 1.165) is 5.69 Å². The summed E-state index contributed by atoms with van der Waals surface area (Å²) in [6.45, 7) is 0. The second-order valence-electron chi connectivity index (χ2n) is 11.4. The molecule has 44 heavy (non-hydrogen) atoms. The molecule has 0 atom stereocenters. The third kappa shape index (κ3) is 3.75. The first kappa shape index (κ1) is 24.7. The van der Waals surface area contributed by atoms with E-state index in [4.69, 9.17) is 0 Å². The fraction of sp³-hybridized carbons (Fsp3) is 0. The van der Waals surface area contributed by atoms with E-state index in [9.17, 15) is 0 Å². The molecule has 0 saturated carbocycles. The second kappa shape index (κ2) is 9.86. The van der Waals surface area contributed by atoms with Crippen LogP contribution in [0.5, 0.6) is 0 Å². The highest BCUT2D eigenvalue weighted by atomic mass is 15.0. The van der Waals surface area contributed by atoms with Crippen LogP contribution < -0.4 is 0 Å². The number of benzene rings is 7. The largest absolute Gasteiger partial charge is 0.309 e. The lowest BCUT2D eigenvalue weighted by Crippen LogP contribution is -1.96. The maximum Gasteiger partial charge on any atom is 0.0562 e. The van der Waals surface area contributed by atoms with Crippen molar-refractivity contribution in [1.29, 1.82) is 0 Å². The van der Waals surface area contributed by atoms with E-state index < -0.39 is 0 Å². The molecule has 0 saturated heterocycles. The number of para-hydroxylation sites is 3. The zero-order chi connectivity index (χ0) is 29.0. The molecule has 2 aromatic heterocycles. The molecule has 0 aliphatic heterocycles. The van der Waals surface area contributed by atoms with Crippen LogP contribution >= 0.6 is 0 Å². The lowest BCUT2D eigenvalue weighted by atomic mass is 9.94. The molecule has 0 bridgehead atoms. The molecule has 7 aromatic carbocycles. The minimum atomic E-state index is 1.15. The summed E-state index contributed by atoms with van der Waals surface area (Å²) < 4.78 is 4.84. The maximum absolute atomic E-state index is 2.44. The van der Waals surface area contributed by atoms with E-state index in [-0.39, 0.29) is 0 Å². The predicted molar refractivity (Wildman–Crippen MR) is 186 cm³/mol. The molecule has 0 aliphatic carbocycles. The molecule has 2 heteroatoms. The molecule has 2 nitrogen and oxygen atoms in total. The van der Waals surface area contributed by atoms with Gasteiger partial charge in [-0.25, -0.2) is 0 Å². The summed E-state index contributed by atoms with van der Waals surface area (Å²) in [7, 11) is 0. The van der Waals surface area contributed by atoms with Crippen LogP contribution in [-0.4, -0.2) is 9.13 Å². The lowest BCUT2D eigenvalue weighted by Gasteiger charge is -2.14. The fourth-order valence-corrected chi connectivity index (χ4v) is 6.98. The van der Waals surface area contributed by atoms with Gasteiger partial charge in [-0.3, -0.25) is 0 Å². The molecule has 9 aromatic rings. The SMILES string of the molecule is c1ccc(-c2ccccc2-c2cccc(-n3c4ccccc4c4cc5c6ccccc6n(-c6ccccc6)c5cc43)c2)cc1. The molecule has 0 N–H and O–H groups in total. The van der Waals surface area contributed by atoms with Crippen LogP contribution in [-0.2, 0) is 0 Å². The van der Waals surface area contributed by atoms with Gasteiger partial charge >= 0.3 is 0 Å². The normalized spacial score (nSPS) is 11.6. The monoisotopic (exact) mass is 560 g/mol. The van der Waals surface area contributed by atoms with Crippen LogP contribution in [0.1, 0.15) is 0 Å². The summed E-state index contributed by atoms with van der Waals surface area (Å²) in [5.41, 5.74) is 12.0. The standard InChI is InChI=1S/C42H28N2/c1-3-14-29(15-4-1)33-20-7-8-21-34(33)30-16-13-19-32(26-30)44-40-25-12-10-23-36(40)38-27-37-35-22-9-11-24-39(35)43(41(37)28-42(38)44)31-17-5-2-6-18-31/h1-28H. The molecular weight excluding hydrogens is 532 g/mol. The van der Waals surface area contributed by atoms with Crippen molar-refractivity contribution in [3.05, 3.63) is 170 Å². The van der Waals surface area contributed by atoms with Gasteiger partial charge in [-0.2, -0.15) is 0 Å². The van der Waals surface area contributed by atoms with E-state index in [1.54, 1.807) is 0 Å². The number of fused-ring (bicyclic) bond motifs is 6. The number of rotatable bonds is 4. The van der Waals surface area contributed by atoms with Gasteiger partial charge in [0.1, 0.15) is 0 Å². The molecule has 0 radical (unpaired) electrons. The van der Waals surface area contributed by atoms with Crippen molar-refractivity contribution in [2.24, 2.45) is 0 Å². The highest BCUT2D eigenvalue weighted by Crippen LogP contribution is 2.40. The van der Waals surface area contributed by atoms with Gasteiger partial charge in [0.15, 0.2) is 0 Å². The first-order valence-corrected chi connectivity index (χ1v) is 15.1. The molecule has 0 unspecified atom stereocenters. The predicted octanol–water partition coefficient (Wildman–Crippen LogP) is 11.2. The van der Waals surface area contributed by atoms with Crippen LogP contribution in [0.2, 0.25) is 0 Å². The highest BCUT2D eigenvalue weighted by Gasteiger charge is 2.18. The third-order valence-electron chi connectivity index (χ3n) is 8.91. The van der Waals surface area contributed by atoms with Crippen molar-refractivity contribution in [2.45, 2.75) is 0 Å². The Bertz CT molecular complexity index is 2480. The molecule has 9 rings (SSSR count). The minimum Gasteiger partial charge on any atom is -0.309 e. The van der Waals surface area contributed by atoms with E-state index in [0.29, 0.717) is 0 Å². The second-order valence-corrected chi connectivity index (χ2v) is 11.4. The van der Waals surface area contributed by atoms with Gasteiger partial charge in [0.25, 0.3) is 0 Å². The average Bonchev–Trinajstić information content (AvgIpc) is 3.60. The Hall–Kier alpha value is -5.86. The summed E-state index contributed by atoms with van der Waals surface area (Å²) in [4.78, 5) is 0. The Balaban J connectivity index is 1.34. The fourth-order valence-electron chi connectivity index (χ4n) is 6.98.